The van der Waals surface area contributed by atoms with E-state index < -0.39 is 24.7 Å². The number of alkyl halides is 3. The van der Waals surface area contributed by atoms with Crippen LogP contribution in [0.1, 0.15) is 30.9 Å². The number of nitrogens with zero attached hydrogens (tertiary/aromatic N) is 2. The summed E-state index contributed by atoms with van der Waals surface area (Å²) < 4.78 is 36.2. The number of carbonyl (C=O) groups is 3. The predicted molar refractivity (Wildman–Crippen MR) is 107 cm³/mol. The first kappa shape index (κ1) is 25.9. The summed E-state index contributed by atoms with van der Waals surface area (Å²) in [6.07, 6.45) is -0.886. The lowest BCUT2D eigenvalue weighted by Crippen LogP contribution is -2.25. The molecule has 172 valence electrons. The molecule has 1 saturated carbocycles. The van der Waals surface area contributed by atoms with Crippen molar-refractivity contribution in [2.75, 3.05) is 18.9 Å². The molecular formula is C17H22F3N5O5S. The maximum Gasteiger partial charge on any atom is 0.408 e. The van der Waals surface area contributed by atoms with Gasteiger partial charge in [0.2, 0.25) is 5.91 Å². The van der Waals surface area contributed by atoms with Gasteiger partial charge in [-0.1, -0.05) is 0 Å². The van der Waals surface area contributed by atoms with Crippen molar-refractivity contribution in [2.45, 2.75) is 31.4 Å². The Balaban J connectivity index is 0.000000512. The molecule has 1 aromatic heterocycles. The van der Waals surface area contributed by atoms with Gasteiger partial charge in [0.05, 0.1) is 5.69 Å². The van der Waals surface area contributed by atoms with E-state index in [0.717, 1.165) is 25.0 Å². The fourth-order valence-corrected chi connectivity index (χ4v) is 3.49. The monoisotopic (exact) mass is 465 g/mol. The van der Waals surface area contributed by atoms with Gasteiger partial charge in [0.15, 0.2) is 11.1 Å². The highest BCUT2D eigenvalue weighted by Crippen LogP contribution is 2.39. The minimum absolute atomic E-state index is 0.0125. The summed E-state index contributed by atoms with van der Waals surface area (Å²) in [7, 11) is 1.61. The SMILES string of the molecule is CNC(=O)C1CCC(c2csc(NC(N)=NCC(F)(F)F)n2)C1.O=C(O)C=CC(=O)O. The van der Waals surface area contributed by atoms with Gasteiger partial charge in [-0.25, -0.2) is 19.6 Å². The van der Waals surface area contributed by atoms with Crippen LogP contribution < -0.4 is 16.4 Å². The molecule has 2 rings (SSSR count). The number of carboxylic acid groups (broad SMARTS) is 2. The third kappa shape index (κ3) is 10.4. The molecule has 1 aliphatic rings. The standard InChI is InChI=1S/C13H18F3N5OS.C4H4O4/c1-18-10(22)8-3-2-7(4-8)9-5-23-12(20-9)21-11(17)19-6-13(14,15)16;5-3(6)1-2-4(7)8/h5,7-8H,2-4,6H2,1H3,(H,18,22)(H3,17,19,20,21);1-2H,(H,5,6)(H,7,8). The zero-order valence-electron chi connectivity index (χ0n) is 16.3. The smallest absolute Gasteiger partial charge is 0.408 e. The first-order valence-corrected chi connectivity index (χ1v) is 9.73. The van der Waals surface area contributed by atoms with Crippen molar-refractivity contribution >= 4 is 40.3 Å². The molecule has 31 heavy (non-hydrogen) atoms. The highest BCUT2D eigenvalue weighted by Gasteiger charge is 2.31. The number of aliphatic imine (C=N–C) groups is 1. The Morgan fingerprint density at radius 2 is 1.90 bits per heavy atom. The second-order valence-corrected chi connectivity index (χ2v) is 7.21. The molecule has 6 N–H and O–H groups in total. The molecule has 0 saturated heterocycles. The molecule has 10 nitrogen and oxygen atoms in total. The van der Waals surface area contributed by atoms with Gasteiger partial charge in [0.1, 0.15) is 6.54 Å². The van der Waals surface area contributed by atoms with Crippen LogP contribution in [0.15, 0.2) is 22.5 Å². The molecular weight excluding hydrogens is 443 g/mol. The van der Waals surface area contributed by atoms with Gasteiger partial charge in [0, 0.05) is 36.4 Å². The number of nitrogens with one attached hydrogen (secondary N) is 2. The molecule has 0 radical (unpaired) electrons. The van der Waals surface area contributed by atoms with Crippen LogP contribution in [0.25, 0.3) is 0 Å². The number of nitrogens with two attached hydrogens (primary N) is 1. The molecule has 1 heterocycles. The second-order valence-electron chi connectivity index (χ2n) is 6.35. The summed E-state index contributed by atoms with van der Waals surface area (Å²) >= 11 is 1.25. The summed E-state index contributed by atoms with van der Waals surface area (Å²) in [6, 6.07) is 0. The number of hydrogen-bond donors (Lipinski definition) is 5. The highest BCUT2D eigenvalue weighted by atomic mass is 32.1. The zero-order chi connectivity index (χ0) is 23.6. The van der Waals surface area contributed by atoms with E-state index in [1.54, 1.807) is 7.05 Å². The number of thiazole rings is 1. The van der Waals surface area contributed by atoms with Crippen molar-refractivity contribution in [3.63, 3.8) is 0 Å². The van der Waals surface area contributed by atoms with Gasteiger partial charge in [0.25, 0.3) is 0 Å². The van der Waals surface area contributed by atoms with Crippen LogP contribution in [-0.2, 0) is 14.4 Å². The van der Waals surface area contributed by atoms with Crippen molar-refractivity contribution in [3.8, 4) is 0 Å². The van der Waals surface area contributed by atoms with Gasteiger partial charge >= 0.3 is 18.1 Å². The van der Waals surface area contributed by atoms with Crippen molar-refractivity contribution in [3.05, 3.63) is 23.2 Å². The van der Waals surface area contributed by atoms with Gasteiger partial charge in [-0.2, -0.15) is 13.2 Å². The normalized spacial score (nSPS) is 18.9. The Morgan fingerprint density at radius 1 is 1.29 bits per heavy atom. The van der Waals surface area contributed by atoms with Crippen molar-refractivity contribution in [2.24, 2.45) is 16.6 Å². The van der Waals surface area contributed by atoms with E-state index in [9.17, 15) is 27.6 Å². The topological polar surface area (TPSA) is 167 Å². The number of aliphatic carboxylic acids is 2. The van der Waals surface area contributed by atoms with Crippen LogP contribution in [0.5, 0.6) is 0 Å². The van der Waals surface area contributed by atoms with Crippen LogP contribution in [0.4, 0.5) is 18.3 Å². The molecule has 2 atom stereocenters. The summed E-state index contributed by atoms with van der Waals surface area (Å²) in [5, 5.41) is 23.1. The Kier molecular flexibility index (Phi) is 9.92. The summed E-state index contributed by atoms with van der Waals surface area (Å²) in [5.41, 5.74) is 6.23. The average molecular weight is 465 g/mol. The fourth-order valence-electron chi connectivity index (χ4n) is 2.69. The predicted octanol–water partition coefficient (Wildman–Crippen LogP) is 1.77. The lowest BCUT2D eigenvalue weighted by atomic mass is 10.0. The third-order valence-electron chi connectivity index (χ3n) is 4.02. The third-order valence-corrected chi connectivity index (χ3v) is 4.80. The highest BCUT2D eigenvalue weighted by molar-refractivity contribution is 7.13. The van der Waals surface area contributed by atoms with Crippen LogP contribution >= 0.6 is 11.3 Å². The number of carbonyl (C=O) groups excluding carboxylic acids is 1. The van der Waals surface area contributed by atoms with E-state index in [0.29, 0.717) is 17.3 Å². The summed E-state index contributed by atoms with van der Waals surface area (Å²) in [5.74, 6) is -2.64. The summed E-state index contributed by atoms with van der Waals surface area (Å²) in [6.45, 7) is -1.33. The van der Waals surface area contributed by atoms with Crippen LogP contribution in [0.2, 0.25) is 0 Å². The quantitative estimate of drug-likeness (QED) is 0.241. The number of carboxylic acids is 2. The van der Waals surface area contributed by atoms with E-state index in [1.807, 2.05) is 5.38 Å². The average Bonchev–Trinajstić information content (AvgIpc) is 3.33. The molecule has 0 aromatic carbocycles. The van der Waals surface area contributed by atoms with E-state index in [-0.39, 0.29) is 23.7 Å². The number of anilines is 1. The largest absolute Gasteiger partial charge is 0.478 e. The zero-order valence-corrected chi connectivity index (χ0v) is 17.2. The van der Waals surface area contributed by atoms with Gasteiger partial charge < -0.3 is 26.6 Å². The molecule has 0 aliphatic heterocycles. The van der Waals surface area contributed by atoms with E-state index in [4.69, 9.17) is 15.9 Å². The molecule has 1 fully saturated rings. The number of rotatable bonds is 6. The number of amides is 1. The molecule has 1 amide bonds. The Morgan fingerprint density at radius 3 is 2.42 bits per heavy atom. The lowest BCUT2D eigenvalue weighted by Gasteiger charge is -2.08. The first-order valence-electron chi connectivity index (χ1n) is 8.86. The van der Waals surface area contributed by atoms with E-state index in [1.165, 1.54) is 11.3 Å². The van der Waals surface area contributed by atoms with Crippen LogP contribution in [0.3, 0.4) is 0 Å². The fraction of sp³-hybridized carbons (Fsp3) is 0.471. The molecule has 1 aliphatic carbocycles. The van der Waals surface area contributed by atoms with Gasteiger partial charge in [-0.05, 0) is 19.3 Å². The number of guanidine groups is 1. The molecule has 1 aromatic rings. The van der Waals surface area contributed by atoms with Crippen molar-refractivity contribution in [1.82, 2.24) is 10.3 Å². The van der Waals surface area contributed by atoms with Gasteiger partial charge in [-0.3, -0.25) is 4.79 Å². The minimum atomic E-state index is -4.39. The molecule has 0 bridgehead atoms. The number of aromatic nitrogens is 1. The van der Waals surface area contributed by atoms with Crippen molar-refractivity contribution < 1.29 is 37.8 Å². The lowest BCUT2D eigenvalue weighted by molar-refractivity contribution is -0.134. The Bertz CT molecular complexity index is 824. The number of halogens is 3. The maximum atomic E-state index is 12.1. The molecule has 14 heteroatoms. The first-order chi connectivity index (χ1) is 14.4. The Hall–Kier alpha value is -3.16. The van der Waals surface area contributed by atoms with Crippen LogP contribution in [-0.4, -0.2) is 58.8 Å². The molecule has 2 unspecified atom stereocenters. The Labute approximate surface area is 179 Å². The van der Waals surface area contributed by atoms with Crippen LogP contribution in [0, 0.1) is 5.92 Å². The minimum Gasteiger partial charge on any atom is -0.478 e. The van der Waals surface area contributed by atoms with E-state index >= 15 is 0 Å². The maximum absolute atomic E-state index is 12.1. The number of hydrogen-bond acceptors (Lipinski definition) is 6. The van der Waals surface area contributed by atoms with E-state index in [2.05, 4.69) is 20.6 Å². The second kappa shape index (κ2) is 11.9. The van der Waals surface area contributed by atoms with Crippen molar-refractivity contribution in [1.29, 1.82) is 0 Å². The molecule has 0 spiro atoms. The van der Waals surface area contributed by atoms with Gasteiger partial charge in [-0.15, -0.1) is 11.3 Å². The summed E-state index contributed by atoms with van der Waals surface area (Å²) in [4.78, 5) is 38.3.